The second-order valence-corrected chi connectivity index (χ2v) is 4.54. The summed E-state index contributed by atoms with van der Waals surface area (Å²) in [7, 11) is 0. The fraction of sp³-hybridized carbons (Fsp3) is 0.167. The molecule has 0 bridgehead atoms. The number of nitrogens with two attached hydrogens (primary N) is 1. The second-order valence-electron chi connectivity index (χ2n) is 3.75. The summed E-state index contributed by atoms with van der Waals surface area (Å²) < 4.78 is 2.70. The highest BCUT2D eigenvalue weighted by Gasteiger charge is 2.13. The molecule has 2 rings (SSSR count). The van der Waals surface area contributed by atoms with Crippen molar-refractivity contribution >= 4 is 21.6 Å². The van der Waals surface area contributed by atoms with Gasteiger partial charge < -0.3 is 5.73 Å². The number of benzene rings is 1. The number of aromatic nitrogens is 2. The Kier molecular flexibility index (Phi) is 2.90. The number of para-hydroxylation sites is 1. The van der Waals surface area contributed by atoms with Crippen molar-refractivity contribution in [3.05, 3.63) is 39.6 Å². The molecule has 0 spiro atoms. The molecule has 86 valence electrons. The molecule has 2 aromatic rings. The maximum atomic E-state index is 8.95. The highest BCUT2D eigenvalue weighted by atomic mass is 79.9. The number of nitrogens with zero attached hydrogens (tertiary/aromatic N) is 3. The molecule has 17 heavy (non-hydrogen) atoms. The number of anilines is 1. The lowest BCUT2D eigenvalue weighted by atomic mass is 10.1. The lowest BCUT2D eigenvalue weighted by Crippen LogP contribution is -2.04. The van der Waals surface area contributed by atoms with E-state index in [1.807, 2.05) is 19.9 Å². The zero-order chi connectivity index (χ0) is 12.6. The number of halogens is 1. The third-order valence-corrected chi connectivity index (χ3v) is 3.78. The Bertz CT molecular complexity index is 622. The summed E-state index contributed by atoms with van der Waals surface area (Å²) in [6.45, 7) is 3.86. The molecule has 0 fully saturated rings. The summed E-state index contributed by atoms with van der Waals surface area (Å²) in [5.41, 5.74) is 9.46. The Balaban J connectivity index is 2.70. The molecule has 0 aliphatic rings. The van der Waals surface area contributed by atoms with Crippen LogP contribution in [-0.4, -0.2) is 9.78 Å². The summed E-state index contributed by atoms with van der Waals surface area (Å²) >= 11 is 3.47. The predicted molar refractivity (Wildman–Crippen MR) is 69.9 cm³/mol. The maximum absolute atomic E-state index is 8.95. The minimum Gasteiger partial charge on any atom is -0.396 e. The Labute approximate surface area is 108 Å². The van der Waals surface area contributed by atoms with Crippen LogP contribution in [0.5, 0.6) is 0 Å². The van der Waals surface area contributed by atoms with Crippen LogP contribution in [0.3, 0.4) is 0 Å². The highest BCUT2D eigenvalue weighted by Crippen LogP contribution is 2.27. The van der Waals surface area contributed by atoms with Crippen molar-refractivity contribution in [3.8, 4) is 11.8 Å². The average molecular weight is 291 g/mol. The Hall–Kier alpha value is -1.80. The van der Waals surface area contributed by atoms with Crippen LogP contribution in [0.1, 0.15) is 17.0 Å². The van der Waals surface area contributed by atoms with Gasteiger partial charge in [0.1, 0.15) is 6.07 Å². The first-order valence-corrected chi connectivity index (χ1v) is 5.86. The molecule has 0 unspecified atom stereocenters. The molecule has 2 N–H and O–H groups in total. The summed E-state index contributed by atoms with van der Waals surface area (Å²) in [6, 6.07) is 7.41. The fourth-order valence-electron chi connectivity index (χ4n) is 1.69. The first-order chi connectivity index (χ1) is 8.06. The van der Waals surface area contributed by atoms with Gasteiger partial charge >= 0.3 is 0 Å². The summed E-state index contributed by atoms with van der Waals surface area (Å²) in [5.74, 6) is 0. The lowest BCUT2D eigenvalue weighted by molar-refractivity contribution is 0.835. The van der Waals surface area contributed by atoms with Gasteiger partial charge in [0, 0.05) is 0 Å². The lowest BCUT2D eigenvalue weighted by Gasteiger charge is -2.08. The van der Waals surface area contributed by atoms with Crippen LogP contribution in [0, 0.1) is 25.2 Å². The van der Waals surface area contributed by atoms with Crippen LogP contribution in [0.2, 0.25) is 0 Å². The molecule has 1 heterocycles. The zero-order valence-electron chi connectivity index (χ0n) is 9.53. The van der Waals surface area contributed by atoms with E-state index in [0.29, 0.717) is 11.3 Å². The minimum atomic E-state index is 0.452. The van der Waals surface area contributed by atoms with E-state index in [1.165, 1.54) is 0 Å². The van der Waals surface area contributed by atoms with Crippen LogP contribution in [0.25, 0.3) is 5.69 Å². The van der Waals surface area contributed by atoms with Gasteiger partial charge in [-0.15, -0.1) is 0 Å². The van der Waals surface area contributed by atoms with Gasteiger partial charge in [0.25, 0.3) is 0 Å². The van der Waals surface area contributed by atoms with Gasteiger partial charge in [-0.3, -0.25) is 0 Å². The molecule has 0 saturated heterocycles. The van der Waals surface area contributed by atoms with Crippen molar-refractivity contribution in [2.45, 2.75) is 13.8 Å². The molecule has 1 aromatic carbocycles. The molecular weight excluding hydrogens is 280 g/mol. The van der Waals surface area contributed by atoms with Crippen molar-refractivity contribution in [3.63, 3.8) is 0 Å². The Morgan fingerprint density at radius 3 is 2.65 bits per heavy atom. The normalized spacial score (nSPS) is 10.2. The van der Waals surface area contributed by atoms with Crippen LogP contribution < -0.4 is 5.73 Å². The molecule has 0 radical (unpaired) electrons. The van der Waals surface area contributed by atoms with Gasteiger partial charge in [-0.1, -0.05) is 6.07 Å². The quantitative estimate of drug-likeness (QED) is 0.821. The topological polar surface area (TPSA) is 67.6 Å². The maximum Gasteiger partial charge on any atom is 0.101 e. The zero-order valence-corrected chi connectivity index (χ0v) is 11.1. The van der Waals surface area contributed by atoms with Gasteiger partial charge in [-0.2, -0.15) is 10.4 Å². The largest absolute Gasteiger partial charge is 0.396 e. The molecule has 4 nitrogen and oxygen atoms in total. The van der Waals surface area contributed by atoms with Gasteiger partial charge in [0.15, 0.2) is 0 Å². The van der Waals surface area contributed by atoms with Gasteiger partial charge in [0.2, 0.25) is 0 Å². The van der Waals surface area contributed by atoms with Crippen LogP contribution in [0.15, 0.2) is 22.7 Å². The molecule has 0 saturated carbocycles. The second kappa shape index (κ2) is 4.22. The van der Waals surface area contributed by atoms with Crippen LogP contribution in [0.4, 0.5) is 5.69 Å². The van der Waals surface area contributed by atoms with Gasteiger partial charge in [0.05, 0.1) is 32.8 Å². The molecule has 5 heteroatoms. The SMILES string of the molecule is Cc1nn(-c2cccc(C#N)c2N)c(C)c1Br. The number of hydrogen-bond acceptors (Lipinski definition) is 3. The number of nitriles is 1. The molecule has 0 aliphatic carbocycles. The highest BCUT2D eigenvalue weighted by molar-refractivity contribution is 9.10. The first-order valence-electron chi connectivity index (χ1n) is 5.07. The molecule has 1 aromatic heterocycles. The Morgan fingerprint density at radius 2 is 2.12 bits per heavy atom. The number of aryl methyl sites for hydroxylation is 1. The van der Waals surface area contributed by atoms with Crippen molar-refractivity contribution in [2.75, 3.05) is 5.73 Å². The smallest absolute Gasteiger partial charge is 0.101 e. The van der Waals surface area contributed by atoms with E-state index in [-0.39, 0.29) is 0 Å². The fourth-order valence-corrected chi connectivity index (χ4v) is 1.94. The number of nitrogen functional groups attached to an aromatic ring is 1. The minimum absolute atomic E-state index is 0.452. The third-order valence-electron chi connectivity index (χ3n) is 2.63. The van der Waals surface area contributed by atoms with Gasteiger partial charge in [-0.25, -0.2) is 4.68 Å². The summed E-state index contributed by atoms with van der Waals surface area (Å²) in [6.07, 6.45) is 0. The monoisotopic (exact) mass is 290 g/mol. The molecular formula is C12H11BrN4. The summed E-state index contributed by atoms with van der Waals surface area (Å²) in [5, 5.41) is 13.3. The van der Waals surface area contributed by atoms with Crippen molar-refractivity contribution in [2.24, 2.45) is 0 Å². The van der Waals surface area contributed by atoms with E-state index in [9.17, 15) is 0 Å². The first kappa shape index (κ1) is 11.7. The van der Waals surface area contributed by atoms with E-state index in [1.54, 1.807) is 16.8 Å². The Morgan fingerprint density at radius 1 is 1.41 bits per heavy atom. The van der Waals surface area contributed by atoms with Gasteiger partial charge in [-0.05, 0) is 41.9 Å². The summed E-state index contributed by atoms with van der Waals surface area (Å²) in [4.78, 5) is 0. The number of rotatable bonds is 1. The predicted octanol–water partition coefficient (Wildman–Crippen LogP) is 2.71. The average Bonchev–Trinajstić information content (AvgIpc) is 2.57. The number of hydrogen-bond donors (Lipinski definition) is 1. The molecule has 0 amide bonds. The van der Waals surface area contributed by atoms with E-state index in [0.717, 1.165) is 21.5 Å². The molecule has 0 aliphatic heterocycles. The van der Waals surface area contributed by atoms with Crippen molar-refractivity contribution < 1.29 is 0 Å². The van der Waals surface area contributed by atoms with E-state index >= 15 is 0 Å². The molecule has 0 atom stereocenters. The van der Waals surface area contributed by atoms with Crippen LogP contribution in [-0.2, 0) is 0 Å². The van der Waals surface area contributed by atoms with Crippen molar-refractivity contribution in [1.82, 2.24) is 9.78 Å². The van der Waals surface area contributed by atoms with E-state index in [2.05, 4.69) is 27.1 Å². The van der Waals surface area contributed by atoms with E-state index < -0.39 is 0 Å². The van der Waals surface area contributed by atoms with Crippen LogP contribution >= 0.6 is 15.9 Å². The van der Waals surface area contributed by atoms with Crippen molar-refractivity contribution in [1.29, 1.82) is 5.26 Å². The third kappa shape index (κ3) is 1.81. The standard InChI is InChI=1S/C12H11BrN4/c1-7-11(13)8(2)17(16-7)10-5-3-4-9(6-14)12(10)15/h3-5H,15H2,1-2H3. The van der Waals surface area contributed by atoms with E-state index in [4.69, 9.17) is 11.0 Å².